The summed E-state index contributed by atoms with van der Waals surface area (Å²) in [5.41, 5.74) is 1.12. The summed E-state index contributed by atoms with van der Waals surface area (Å²) in [6.07, 6.45) is 4.10. The van der Waals surface area contributed by atoms with Crippen molar-refractivity contribution in [2.45, 2.75) is 38.6 Å². The number of para-hydroxylation sites is 1. The van der Waals surface area contributed by atoms with E-state index < -0.39 is 0 Å². The second kappa shape index (κ2) is 7.35. The van der Waals surface area contributed by atoms with Gasteiger partial charge in [-0.2, -0.15) is 0 Å². The number of carbonyl (C=O) groups excluding carboxylic acids is 1. The van der Waals surface area contributed by atoms with E-state index in [1.807, 2.05) is 29.2 Å². The molecule has 0 radical (unpaired) electrons. The smallest absolute Gasteiger partial charge is 0.222 e. The molecule has 0 bridgehead atoms. The topological polar surface area (TPSA) is 32.8 Å². The Bertz CT molecular complexity index is 534. The van der Waals surface area contributed by atoms with Crippen molar-refractivity contribution in [2.24, 2.45) is 5.92 Å². The lowest BCUT2D eigenvalue weighted by atomic mass is 10.1. The molecule has 1 saturated heterocycles. The molecule has 0 spiro atoms. The first-order chi connectivity index (χ1) is 11.2. The summed E-state index contributed by atoms with van der Waals surface area (Å²) in [4.78, 5) is 17.1. The number of piperazine rings is 1. The second-order valence-electron chi connectivity index (χ2n) is 6.81. The monoisotopic (exact) mass is 316 g/mol. The van der Waals surface area contributed by atoms with Gasteiger partial charge in [0.05, 0.1) is 7.11 Å². The molecule has 0 N–H and O–H groups in total. The number of nitrogens with zero attached hydrogens (tertiary/aromatic N) is 2. The van der Waals surface area contributed by atoms with Crippen molar-refractivity contribution < 1.29 is 9.53 Å². The predicted molar refractivity (Wildman–Crippen MR) is 91.7 cm³/mol. The van der Waals surface area contributed by atoms with E-state index in [1.165, 1.54) is 12.8 Å². The molecular weight excluding hydrogens is 288 g/mol. The van der Waals surface area contributed by atoms with Crippen molar-refractivity contribution in [1.82, 2.24) is 9.80 Å². The van der Waals surface area contributed by atoms with Gasteiger partial charge < -0.3 is 9.64 Å². The number of rotatable bonds is 6. The summed E-state index contributed by atoms with van der Waals surface area (Å²) < 4.78 is 5.36. The second-order valence-corrected chi connectivity index (χ2v) is 6.81. The molecule has 1 aromatic rings. The average Bonchev–Trinajstić information content (AvgIpc) is 3.44. The van der Waals surface area contributed by atoms with Crippen LogP contribution in [0, 0.1) is 5.92 Å². The maximum Gasteiger partial charge on any atom is 0.222 e. The number of hydrogen-bond acceptors (Lipinski definition) is 3. The highest BCUT2D eigenvalue weighted by molar-refractivity contribution is 5.76. The molecule has 1 aliphatic heterocycles. The largest absolute Gasteiger partial charge is 0.496 e. The Hall–Kier alpha value is -1.55. The zero-order valence-corrected chi connectivity index (χ0v) is 14.3. The molecule has 1 heterocycles. The highest BCUT2D eigenvalue weighted by Crippen LogP contribution is 2.35. The Balaban J connectivity index is 1.46. The number of ether oxygens (including phenoxy) is 1. The van der Waals surface area contributed by atoms with E-state index >= 15 is 0 Å². The lowest BCUT2D eigenvalue weighted by Gasteiger charge is -2.38. The van der Waals surface area contributed by atoms with Crippen LogP contribution in [0.4, 0.5) is 0 Å². The molecular formula is C19H28N2O2. The van der Waals surface area contributed by atoms with Crippen molar-refractivity contribution in [3.63, 3.8) is 0 Å². The lowest BCUT2D eigenvalue weighted by molar-refractivity contribution is -0.133. The van der Waals surface area contributed by atoms with Gasteiger partial charge in [0.15, 0.2) is 0 Å². The van der Waals surface area contributed by atoms with E-state index in [9.17, 15) is 4.79 Å². The van der Waals surface area contributed by atoms with E-state index in [4.69, 9.17) is 4.74 Å². The van der Waals surface area contributed by atoms with Gasteiger partial charge in [-0.3, -0.25) is 9.69 Å². The Morgan fingerprint density at radius 3 is 2.57 bits per heavy atom. The highest BCUT2D eigenvalue weighted by Gasteiger charge is 2.33. The summed E-state index contributed by atoms with van der Waals surface area (Å²) in [5.74, 6) is 2.06. The average molecular weight is 316 g/mol. The van der Waals surface area contributed by atoms with Crippen LogP contribution in [0.15, 0.2) is 24.3 Å². The summed E-state index contributed by atoms with van der Waals surface area (Å²) >= 11 is 0. The fourth-order valence-corrected chi connectivity index (χ4v) is 3.56. The fraction of sp³-hybridized carbons (Fsp3) is 0.632. The third kappa shape index (κ3) is 4.05. The molecule has 2 aliphatic rings. The zero-order valence-electron chi connectivity index (χ0n) is 14.3. The number of aryl methyl sites for hydroxylation is 1. The molecule has 23 heavy (non-hydrogen) atoms. The SMILES string of the molecule is COc1ccccc1CCC(=O)N1CCN(C(C)C2CC2)CC1. The number of methoxy groups -OCH3 is 1. The van der Waals surface area contributed by atoms with Gasteiger partial charge in [0.2, 0.25) is 5.91 Å². The minimum absolute atomic E-state index is 0.273. The van der Waals surface area contributed by atoms with Crippen molar-refractivity contribution in [3.8, 4) is 5.75 Å². The molecule has 1 aliphatic carbocycles. The Morgan fingerprint density at radius 1 is 1.22 bits per heavy atom. The van der Waals surface area contributed by atoms with Crippen molar-refractivity contribution in [3.05, 3.63) is 29.8 Å². The third-order valence-electron chi connectivity index (χ3n) is 5.35. The van der Waals surface area contributed by atoms with E-state index in [0.717, 1.165) is 49.8 Å². The van der Waals surface area contributed by atoms with Crippen LogP contribution in [0.3, 0.4) is 0 Å². The number of benzene rings is 1. The molecule has 1 amide bonds. The maximum absolute atomic E-state index is 12.5. The van der Waals surface area contributed by atoms with Gasteiger partial charge >= 0.3 is 0 Å². The Morgan fingerprint density at radius 2 is 1.91 bits per heavy atom. The van der Waals surface area contributed by atoms with Gasteiger partial charge in [-0.15, -0.1) is 0 Å². The van der Waals surface area contributed by atoms with Gasteiger partial charge in [-0.25, -0.2) is 0 Å². The highest BCUT2D eigenvalue weighted by atomic mass is 16.5. The number of hydrogen-bond donors (Lipinski definition) is 0. The predicted octanol–water partition coefficient (Wildman–Crippen LogP) is 2.57. The molecule has 2 fully saturated rings. The molecule has 1 atom stereocenters. The summed E-state index contributed by atoms with van der Waals surface area (Å²) in [5, 5.41) is 0. The molecule has 126 valence electrons. The fourth-order valence-electron chi connectivity index (χ4n) is 3.56. The Labute approximate surface area is 139 Å². The van der Waals surface area contributed by atoms with Crippen LogP contribution in [0.2, 0.25) is 0 Å². The number of amides is 1. The van der Waals surface area contributed by atoms with Crippen LogP contribution in [0.1, 0.15) is 31.7 Å². The molecule has 1 saturated carbocycles. The third-order valence-corrected chi connectivity index (χ3v) is 5.35. The van der Waals surface area contributed by atoms with E-state index in [1.54, 1.807) is 7.11 Å². The quantitative estimate of drug-likeness (QED) is 0.809. The first kappa shape index (κ1) is 16.3. The molecule has 4 nitrogen and oxygen atoms in total. The number of carbonyl (C=O) groups is 1. The van der Waals surface area contributed by atoms with Crippen molar-refractivity contribution in [1.29, 1.82) is 0 Å². The van der Waals surface area contributed by atoms with Crippen molar-refractivity contribution >= 4 is 5.91 Å². The van der Waals surface area contributed by atoms with Gasteiger partial charge in [-0.05, 0) is 43.7 Å². The zero-order chi connectivity index (χ0) is 16.2. The summed E-state index contributed by atoms with van der Waals surface area (Å²) in [6, 6.07) is 8.66. The first-order valence-electron chi connectivity index (χ1n) is 8.82. The van der Waals surface area contributed by atoms with Crippen LogP contribution in [-0.2, 0) is 11.2 Å². The molecule has 1 aromatic carbocycles. The van der Waals surface area contributed by atoms with Crippen LogP contribution in [0.25, 0.3) is 0 Å². The van der Waals surface area contributed by atoms with Crippen LogP contribution in [0.5, 0.6) is 5.75 Å². The Kier molecular flexibility index (Phi) is 5.21. The molecule has 0 aromatic heterocycles. The molecule has 4 heteroatoms. The minimum Gasteiger partial charge on any atom is -0.496 e. The van der Waals surface area contributed by atoms with Gasteiger partial charge in [0.1, 0.15) is 5.75 Å². The summed E-state index contributed by atoms with van der Waals surface area (Å²) in [6.45, 7) is 6.15. The lowest BCUT2D eigenvalue weighted by Crippen LogP contribution is -2.51. The van der Waals surface area contributed by atoms with Crippen LogP contribution in [-0.4, -0.2) is 55.0 Å². The normalized spacial score (nSPS) is 20.3. The first-order valence-corrected chi connectivity index (χ1v) is 8.82. The molecule has 1 unspecified atom stereocenters. The molecule has 3 rings (SSSR count). The standard InChI is InChI=1S/C19H28N2O2/c1-15(16-7-8-16)20-11-13-21(14-12-20)19(22)10-9-17-5-3-4-6-18(17)23-2/h3-6,15-16H,7-14H2,1-2H3. The van der Waals surface area contributed by atoms with Crippen LogP contribution >= 0.6 is 0 Å². The minimum atomic E-state index is 0.273. The van der Waals surface area contributed by atoms with E-state index in [2.05, 4.69) is 11.8 Å². The summed E-state index contributed by atoms with van der Waals surface area (Å²) in [7, 11) is 1.68. The van der Waals surface area contributed by atoms with E-state index in [-0.39, 0.29) is 5.91 Å². The van der Waals surface area contributed by atoms with Crippen LogP contribution < -0.4 is 4.74 Å². The van der Waals surface area contributed by atoms with Gasteiger partial charge in [0, 0.05) is 38.6 Å². The van der Waals surface area contributed by atoms with Gasteiger partial charge in [-0.1, -0.05) is 18.2 Å². The van der Waals surface area contributed by atoms with Gasteiger partial charge in [0.25, 0.3) is 0 Å². The maximum atomic E-state index is 12.5. The van der Waals surface area contributed by atoms with E-state index in [0.29, 0.717) is 12.5 Å². The van der Waals surface area contributed by atoms with Crippen molar-refractivity contribution in [2.75, 3.05) is 33.3 Å².